The maximum atomic E-state index is 7.63. The zero-order valence-corrected chi connectivity index (χ0v) is 9.35. The summed E-state index contributed by atoms with van der Waals surface area (Å²) >= 11 is 0. The summed E-state index contributed by atoms with van der Waals surface area (Å²) in [7, 11) is 0. The van der Waals surface area contributed by atoms with Crippen molar-refractivity contribution in [1.29, 1.82) is 0 Å². The first-order valence-corrected chi connectivity index (χ1v) is 5.20. The molecule has 0 aromatic carbocycles. The summed E-state index contributed by atoms with van der Waals surface area (Å²) in [5.41, 5.74) is 6.52. The lowest BCUT2D eigenvalue weighted by atomic mass is 9.56. The fourth-order valence-electron chi connectivity index (χ4n) is 3.32. The summed E-state index contributed by atoms with van der Waals surface area (Å²) in [6, 6.07) is 0.327. The van der Waals surface area contributed by atoms with Crippen molar-refractivity contribution in [3.63, 3.8) is 0 Å². The van der Waals surface area contributed by atoms with E-state index in [2.05, 4.69) is 27.7 Å². The molecule has 0 heterocycles. The minimum Gasteiger partial charge on any atom is -0.445 e. The van der Waals surface area contributed by atoms with E-state index < -0.39 is 0 Å². The summed E-state index contributed by atoms with van der Waals surface area (Å²) < 4.78 is 0. The van der Waals surface area contributed by atoms with Crippen LogP contribution in [-0.2, 0) is 0 Å². The fourth-order valence-corrected chi connectivity index (χ4v) is 3.32. The molecule has 0 spiro atoms. The number of nitrogens with two attached hydrogens (primary N) is 1. The molecule has 0 aromatic rings. The highest BCUT2D eigenvalue weighted by atomic mass is 16.3. The van der Waals surface area contributed by atoms with Crippen molar-refractivity contribution in [3.05, 3.63) is 0 Å². The molecule has 0 unspecified atom stereocenters. The lowest BCUT2D eigenvalue weighted by Crippen LogP contribution is -2.49. The smallest absolute Gasteiger partial charge is 0.147 e. The molecule has 0 aromatic heterocycles. The standard InChI is InChI=1S/C11H23NO/c1-10(2)5-8(12)6-11(3,4)9(10)7-13/h8-9,13H,5-7,12H2,1-4H3/p+1. The SMILES string of the molecule is CC1(C)CC(N)CC(C)(C)C1C[OH2+]. The van der Waals surface area contributed by atoms with Crippen molar-refractivity contribution >= 4 is 0 Å². The van der Waals surface area contributed by atoms with Gasteiger partial charge in [0.1, 0.15) is 6.61 Å². The van der Waals surface area contributed by atoms with Gasteiger partial charge < -0.3 is 10.8 Å². The van der Waals surface area contributed by atoms with Gasteiger partial charge in [0.2, 0.25) is 0 Å². The van der Waals surface area contributed by atoms with Crippen LogP contribution in [0.3, 0.4) is 0 Å². The van der Waals surface area contributed by atoms with E-state index in [0.29, 0.717) is 18.6 Å². The molecule has 13 heavy (non-hydrogen) atoms. The van der Waals surface area contributed by atoms with E-state index in [9.17, 15) is 0 Å². The average molecular weight is 186 g/mol. The minimum atomic E-state index is 0.239. The van der Waals surface area contributed by atoms with Gasteiger partial charge in [0.25, 0.3) is 0 Å². The lowest BCUT2D eigenvalue weighted by molar-refractivity contribution is -0.0315. The second-order valence-electron chi connectivity index (χ2n) is 5.90. The molecule has 1 aliphatic carbocycles. The largest absolute Gasteiger partial charge is 0.445 e. The highest BCUT2D eigenvalue weighted by molar-refractivity contribution is 4.97. The van der Waals surface area contributed by atoms with Crippen molar-refractivity contribution in [2.24, 2.45) is 22.5 Å². The zero-order valence-electron chi connectivity index (χ0n) is 9.35. The Hall–Kier alpha value is -0.0800. The van der Waals surface area contributed by atoms with Gasteiger partial charge in [-0.25, -0.2) is 0 Å². The molecule has 1 fully saturated rings. The van der Waals surface area contributed by atoms with Crippen molar-refractivity contribution < 1.29 is 5.11 Å². The lowest BCUT2D eigenvalue weighted by Gasteiger charge is -2.49. The van der Waals surface area contributed by atoms with Crippen LogP contribution in [0.2, 0.25) is 0 Å². The molecule has 4 N–H and O–H groups in total. The summed E-state index contributed by atoms with van der Waals surface area (Å²) in [6.07, 6.45) is 2.14. The predicted molar refractivity (Wildman–Crippen MR) is 56.7 cm³/mol. The Morgan fingerprint density at radius 1 is 1.15 bits per heavy atom. The maximum Gasteiger partial charge on any atom is 0.147 e. The van der Waals surface area contributed by atoms with Crippen LogP contribution in [0, 0.1) is 16.7 Å². The van der Waals surface area contributed by atoms with Crippen molar-refractivity contribution in [1.82, 2.24) is 0 Å². The summed E-state index contributed by atoms with van der Waals surface area (Å²) in [6.45, 7) is 9.56. The zero-order chi connectivity index (χ0) is 10.3. The van der Waals surface area contributed by atoms with E-state index >= 15 is 0 Å². The molecule has 2 nitrogen and oxygen atoms in total. The second kappa shape index (κ2) is 3.25. The van der Waals surface area contributed by atoms with E-state index in [1.165, 1.54) is 0 Å². The molecule has 0 amide bonds. The van der Waals surface area contributed by atoms with E-state index in [-0.39, 0.29) is 10.8 Å². The van der Waals surface area contributed by atoms with Gasteiger partial charge >= 0.3 is 0 Å². The van der Waals surface area contributed by atoms with Gasteiger partial charge in [0.05, 0.1) is 0 Å². The van der Waals surface area contributed by atoms with Crippen molar-refractivity contribution in [2.45, 2.75) is 46.6 Å². The van der Waals surface area contributed by atoms with Gasteiger partial charge in [-0.05, 0) is 23.7 Å². The van der Waals surface area contributed by atoms with Gasteiger partial charge in [0.15, 0.2) is 0 Å². The van der Waals surface area contributed by atoms with Gasteiger partial charge in [-0.15, -0.1) is 0 Å². The van der Waals surface area contributed by atoms with Crippen LogP contribution in [0.15, 0.2) is 0 Å². The molecule has 1 rings (SSSR count). The molecule has 0 atom stereocenters. The molecule has 1 saturated carbocycles. The summed E-state index contributed by atoms with van der Waals surface area (Å²) in [4.78, 5) is 0. The van der Waals surface area contributed by atoms with Crippen LogP contribution < -0.4 is 5.73 Å². The molecule has 2 heteroatoms. The van der Waals surface area contributed by atoms with Crippen molar-refractivity contribution in [3.8, 4) is 0 Å². The number of hydrogen-bond acceptors (Lipinski definition) is 1. The van der Waals surface area contributed by atoms with Gasteiger partial charge in [-0.3, -0.25) is 0 Å². The van der Waals surface area contributed by atoms with Crippen molar-refractivity contribution in [2.75, 3.05) is 6.61 Å². The fraction of sp³-hybridized carbons (Fsp3) is 1.00. The second-order valence-corrected chi connectivity index (χ2v) is 5.90. The third kappa shape index (κ3) is 2.05. The Morgan fingerprint density at radius 2 is 1.54 bits per heavy atom. The molecule has 78 valence electrons. The Balaban J connectivity index is 2.88. The maximum absolute atomic E-state index is 7.63. The predicted octanol–water partition coefficient (Wildman–Crippen LogP) is 1.50. The van der Waals surface area contributed by atoms with Crippen LogP contribution >= 0.6 is 0 Å². The monoisotopic (exact) mass is 186 g/mol. The van der Waals surface area contributed by atoms with E-state index in [0.717, 1.165) is 12.8 Å². The van der Waals surface area contributed by atoms with Crippen LogP contribution in [0.25, 0.3) is 0 Å². The van der Waals surface area contributed by atoms with Crippen LogP contribution in [0.4, 0.5) is 0 Å². The summed E-state index contributed by atoms with van der Waals surface area (Å²) in [5.74, 6) is 0.486. The topological polar surface area (TPSA) is 48.9 Å². The average Bonchev–Trinajstić information content (AvgIpc) is 1.79. The van der Waals surface area contributed by atoms with Gasteiger partial charge in [-0.1, -0.05) is 27.7 Å². The quantitative estimate of drug-likeness (QED) is 0.620. The van der Waals surface area contributed by atoms with Crippen LogP contribution in [0.1, 0.15) is 40.5 Å². The van der Waals surface area contributed by atoms with E-state index in [1.807, 2.05) is 0 Å². The van der Waals surface area contributed by atoms with Crippen LogP contribution in [0.5, 0.6) is 0 Å². The molecule has 0 radical (unpaired) electrons. The van der Waals surface area contributed by atoms with E-state index in [4.69, 9.17) is 10.8 Å². The Bertz CT molecular complexity index is 169. The normalized spacial score (nSPS) is 37.4. The Kier molecular flexibility index (Phi) is 2.75. The number of hydrogen-bond donors (Lipinski definition) is 1. The highest BCUT2D eigenvalue weighted by Crippen LogP contribution is 2.49. The summed E-state index contributed by atoms with van der Waals surface area (Å²) in [5, 5.41) is 7.63. The molecule has 0 bridgehead atoms. The minimum absolute atomic E-state index is 0.239. The van der Waals surface area contributed by atoms with Gasteiger partial charge in [-0.2, -0.15) is 0 Å². The Labute approximate surface area is 81.5 Å². The number of rotatable bonds is 1. The highest BCUT2D eigenvalue weighted by Gasteiger charge is 2.47. The van der Waals surface area contributed by atoms with E-state index in [1.54, 1.807) is 0 Å². The molecular weight excluding hydrogens is 162 g/mol. The first-order chi connectivity index (χ1) is 5.79. The third-order valence-corrected chi connectivity index (χ3v) is 3.67. The van der Waals surface area contributed by atoms with Crippen LogP contribution in [-0.4, -0.2) is 17.8 Å². The Morgan fingerprint density at radius 3 is 1.85 bits per heavy atom. The van der Waals surface area contributed by atoms with Gasteiger partial charge in [0, 0.05) is 12.0 Å². The molecular formula is C11H24NO+. The molecule has 0 saturated heterocycles. The first kappa shape index (κ1) is 11.0. The molecule has 0 aliphatic heterocycles. The third-order valence-electron chi connectivity index (χ3n) is 3.67. The first-order valence-electron chi connectivity index (χ1n) is 5.20. The molecule has 1 aliphatic rings.